The van der Waals surface area contributed by atoms with E-state index < -0.39 is 28.5 Å². The maximum absolute atomic E-state index is 13.9. The van der Waals surface area contributed by atoms with Gasteiger partial charge in [-0.15, -0.1) is 0 Å². The molecule has 38 heavy (non-hydrogen) atoms. The lowest BCUT2D eigenvalue weighted by molar-refractivity contribution is -0.140. The third-order valence-corrected chi connectivity index (χ3v) is 8.88. The quantitative estimate of drug-likeness (QED) is 0.393. The Labute approximate surface area is 236 Å². The average molecular weight is 583 g/mol. The summed E-state index contributed by atoms with van der Waals surface area (Å²) in [5, 5.41) is 3.95. The average Bonchev–Trinajstić information content (AvgIpc) is 2.85. The topological polar surface area (TPSA) is 86.8 Å². The zero-order valence-corrected chi connectivity index (χ0v) is 24.8. The lowest BCUT2D eigenvalue weighted by Gasteiger charge is -2.34. The van der Waals surface area contributed by atoms with Gasteiger partial charge in [0.25, 0.3) is 0 Å². The Kier molecular flexibility index (Phi) is 10.5. The molecule has 1 N–H and O–H groups in total. The van der Waals surface area contributed by atoms with Crippen molar-refractivity contribution in [1.29, 1.82) is 0 Å². The zero-order valence-electron chi connectivity index (χ0n) is 22.5. The summed E-state index contributed by atoms with van der Waals surface area (Å²) in [4.78, 5) is 28.8. The van der Waals surface area contributed by atoms with Crippen LogP contribution < -0.4 is 9.62 Å². The van der Waals surface area contributed by atoms with Crippen molar-refractivity contribution in [2.75, 3.05) is 17.1 Å². The fourth-order valence-electron chi connectivity index (χ4n) is 4.79. The predicted molar refractivity (Wildman–Crippen MR) is 154 cm³/mol. The number of nitrogens with one attached hydrogen (secondary N) is 1. The second-order valence-electron chi connectivity index (χ2n) is 10.1. The van der Waals surface area contributed by atoms with Crippen molar-refractivity contribution in [3.63, 3.8) is 0 Å². The summed E-state index contributed by atoms with van der Waals surface area (Å²) in [5.41, 5.74) is 2.93. The van der Waals surface area contributed by atoms with E-state index in [1.165, 1.54) is 4.90 Å². The van der Waals surface area contributed by atoms with Crippen LogP contribution in [-0.4, -0.2) is 50.0 Å². The van der Waals surface area contributed by atoms with Gasteiger partial charge in [-0.3, -0.25) is 13.9 Å². The lowest BCUT2D eigenvalue weighted by Crippen LogP contribution is -2.54. The van der Waals surface area contributed by atoms with Gasteiger partial charge in [-0.25, -0.2) is 8.42 Å². The summed E-state index contributed by atoms with van der Waals surface area (Å²) in [5.74, 6) is -0.736. The summed E-state index contributed by atoms with van der Waals surface area (Å²) in [7, 11) is -3.80. The molecule has 2 amide bonds. The SMILES string of the molecule is CCC(C(=O)NC1CCCCC1)N(Cc1ccc(Cl)cc1Cl)C(=O)CN(c1ccc(C)c(C)c1)S(C)(=O)=O. The van der Waals surface area contributed by atoms with Gasteiger partial charge in [-0.2, -0.15) is 0 Å². The van der Waals surface area contributed by atoms with Crippen LogP contribution in [0.1, 0.15) is 62.1 Å². The number of halogens is 2. The molecule has 0 spiro atoms. The minimum atomic E-state index is -3.80. The van der Waals surface area contributed by atoms with Gasteiger partial charge in [0.1, 0.15) is 12.6 Å². The second kappa shape index (κ2) is 13.2. The molecule has 1 aliphatic carbocycles. The standard InChI is InChI=1S/C28H37Cl2N3O4S/c1-5-26(28(35)31-23-9-7-6-8-10-23)32(17-21-12-13-22(29)16-25(21)30)27(34)18-33(38(4,36)37)24-14-11-19(2)20(3)15-24/h11-16,23,26H,5-10,17-18H2,1-4H3,(H,31,35). The zero-order chi connectivity index (χ0) is 28.0. The number of hydrogen-bond donors (Lipinski definition) is 1. The Balaban J connectivity index is 1.95. The highest BCUT2D eigenvalue weighted by Crippen LogP contribution is 2.26. The van der Waals surface area contributed by atoms with Crippen molar-refractivity contribution < 1.29 is 18.0 Å². The second-order valence-corrected chi connectivity index (χ2v) is 12.8. The van der Waals surface area contributed by atoms with E-state index in [9.17, 15) is 18.0 Å². The van der Waals surface area contributed by atoms with E-state index >= 15 is 0 Å². The smallest absolute Gasteiger partial charge is 0.244 e. The molecule has 0 heterocycles. The first kappa shape index (κ1) is 30.3. The minimum absolute atomic E-state index is 0.0377. The van der Waals surface area contributed by atoms with Crippen LogP contribution in [0, 0.1) is 13.8 Å². The molecule has 1 fully saturated rings. The van der Waals surface area contributed by atoms with Crippen LogP contribution in [0.3, 0.4) is 0 Å². The Bertz CT molecular complexity index is 1260. The molecule has 0 aliphatic heterocycles. The Morgan fingerprint density at radius 2 is 1.71 bits per heavy atom. The van der Waals surface area contributed by atoms with E-state index in [1.807, 2.05) is 26.8 Å². The number of sulfonamides is 1. The highest BCUT2D eigenvalue weighted by atomic mass is 35.5. The molecule has 0 aromatic heterocycles. The first-order valence-electron chi connectivity index (χ1n) is 13.0. The number of rotatable bonds is 10. The van der Waals surface area contributed by atoms with Crippen LogP contribution in [0.2, 0.25) is 10.0 Å². The van der Waals surface area contributed by atoms with Crippen molar-refractivity contribution >= 4 is 50.7 Å². The van der Waals surface area contributed by atoms with Gasteiger partial charge in [-0.1, -0.05) is 61.5 Å². The molecule has 0 saturated heterocycles. The first-order valence-corrected chi connectivity index (χ1v) is 15.6. The van der Waals surface area contributed by atoms with Gasteiger partial charge in [-0.05, 0) is 74.1 Å². The van der Waals surface area contributed by atoms with Crippen LogP contribution in [0.15, 0.2) is 36.4 Å². The summed E-state index contributed by atoms with van der Waals surface area (Å²) >= 11 is 12.5. The van der Waals surface area contributed by atoms with E-state index in [4.69, 9.17) is 23.2 Å². The molecule has 2 aromatic carbocycles. The maximum Gasteiger partial charge on any atom is 0.244 e. The number of aryl methyl sites for hydroxylation is 2. The maximum atomic E-state index is 13.9. The minimum Gasteiger partial charge on any atom is -0.352 e. The Morgan fingerprint density at radius 3 is 2.29 bits per heavy atom. The molecule has 1 unspecified atom stereocenters. The Morgan fingerprint density at radius 1 is 1.03 bits per heavy atom. The number of benzene rings is 2. The van der Waals surface area contributed by atoms with Crippen LogP contribution in [0.5, 0.6) is 0 Å². The van der Waals surface area contributed by atoms with E-state index in [0.29, 0.717) is 27.7 Å². The molecule has 0 radical (unpaired) electrons. The van der Waals surface area contributed by atoms with Gasteiger partial charge in [0.05, 0.1) is 11.9 Å². The number of hydrogen-bond acceptors (Lipinski definition) is 4. The predicted octanol–water partition coefficient (Wildman–Crippen LogP) is 5.63. The molecule has 10 heteroatoms. The van der Waals surface area contributed by atoms with E-state index in [2.05, 4.69) is 5.32 Å². The molecule has 1 atom stereocenters. The van der Waals surface area contributed by atoms with Gasteiger partial charge >= 0.3 is 0 Å². The fraction of sp³-hybridized carbons (Fsp3) is 0.500. The summed E-state index contributed by atoms with van der Waals surface area (Å²) in [6.45, 7) is 5.25. The molecule has 3 rings (SSSR count). The van der Waals surface area contributed by atoms with Crippen LogP contribution in [0.4, 0.5) is 5.69 Å². The van der Waals surface area contributed by atoms with Gasteiger partial charge in [0.15, 0.2) is 0 Å². The monoisotopic (exact) mass is 581 g/mol. The molecular weight excluding hydrogens is 545 g/mol. The van der Waals surface area contributed by atoms with Crippen LogP contribution >= 0.6 is 23.2 Å². The number of anilines is 1. The van der Waals surface area contributed by atoms with Crippen molar-refractivity contribution in [2.45, 2.75) is 77.9 Å². The summed E-state index contributed by atoms with van der Waals surface area (Å²) in [6, 6.07) is 9.51. The van der Waals surface area contributed by atoms with Gasteiger partial charge < -0.3 is 10.2 Å². The number of carbonyl (C=O) groups is 2. The summed E-state index contributed by atoms with van der Waals surface area (Å²) < 4.78 is 26.7. The van der Waals surface area contributed by atoms with E-state index in [-0.39, 0.29) is 18.5 Å². The lowest BCUT2D eigenvalue weighted by atomic mass is 9.95. The van der Waals surface area contributed by atoms with Gasteiger partial charge in [0.2, 0.25) is 21.8 Å². The van der Waals surface area contributed by atoms with Crippen molar-refractivity contribution in [3.05, 3.63) is 63.1 Å². The summed E-state index contributed by atoms with van der Waals surface area (Å²) in [6.07, 6.45) is 6.53. The van der Waals surface area contributed by atoms with Crippen molar-refractivity contribution in [2.24, 2.45) is 0 Å². The molecule has 208 valence electrons. The highest BCUT2D eigenvalue weighted by Gasteiger charge is 2.33. The number of amides is 2. The number of nitrogens with zero attached hydrogens (tertiary/aromatic N) is 2. The third kappa shape index (κ3) is 7.87. The molecule has 7 nitrogen and oxygen atoms in total. The molecular formula is C28H37Cl2N3O4S. The highest BCUT2D eigenvalue weighted by molar-refractivity contribution is 7.92. The first-order chi connectivity index (χ1) is 17.9. The molecule has 2 aromatic rings. The molecule has 0 bridgehead atoms. The third-order valence-electron chi connectivity index (χ3n) is 7.15. The van der Waals surface area contributed by atoms with Crippen molar-refractivity contribution in [1.82, 2.24) is 10.2 Å². The largest absolute Gasteiger partial charge is 0.352 e. The van der Waals surface area contributed by atoms with E-state index in [1.54, 1.807) is 30.3 Å². The fourth-order valence-corrected chi connectivity index (χ4v) is 6.10. The van der Waals surface area contributed by atoms with E-state index in [0.717, 1.165) is 53.8 Å². The molecule has 1 saturated carbocycles. The normalized spacial score (nSPS) is 15.1. The van der Waals surface area contributed by atoms with Crippen molar-refractivity contribution in [3.8, 4) is 0 Å². The van der Waals surface area contributed by atoms with Crippen LogP contribution in [0.25, 0.3) is 0 Å². The Hall–Kier alpha value is -2.29. The van der Waals surface area contributed by atoms with Crippen LogP contribution in [-0.2, 0) is 26.2 Å². The number of carbonyl (C=O) groups excluding carboxylic acids is 2. The van der Waals surface area contributed by atoms with Gasteiger partial charge in [0, 0.05) is 22.6 Å². The molecule has 1 aliphatic rings.